The zero-order chi connectivity index (χ0) is 12.8. The van der Waals surface area contributed by atoms with Crippen molar-refractivity contribution in [3.8, 4) is 0 Å². The molecule has 1 N–H and O–H groups in total. The summed E-state index contributed by atoms with van der Waals surface area (Å²) in [6.07, 6.45) is 4.61. The third kappa shape index (κ3) is 4.88. The zero-order valence-electron chi connectivity index (χ0n) is 10.7. The second kappa shape index (κ2) is 6.55. The molecule has 0 aromatic heterocycles. The Balaban J connectivity index is 1.72. The number of carboxylic acid groups (broad SMARTS) is 1. The van der Waals surface area contributed by atoms with Crippen LogP contribution in [0, 0.1) is 5.92 Å². The molecule has 0 aliphatic heterocycles. The average molecular weight is 247 g/mol. The van der Waals surface area contributed by atoms with Gasteiger partial charge in [-0.2, -0.15) is 0 Å². The Kier molecular flexibility index (Phi) is 4.76. The fourth-order valence-electron chi connectivity index (χ4n) is 2.24. The van der Waals surface area contributed by atoms with Crippen LogP contribution in [-0.2, 0) is 11.2 Å². The number of rotatable bonds is 8. The van der Waals surface area contributed by atoms with E-state index >= 15 is 0 Å². The van der Waals surface area contributed by atoms with Crippen LogP contribution in [0.25, 0.3) is 0 Å². The molecule has 3 heteroatoms. The Bertz CT molecular complexity index is 373. The monoisotopic (exact) mass is 247 g/mol. The molecule has 0 bridgehead atoms. The quantitative estimate of drug-likeness (QED) is 0.767. The number of carboxylic acids is 1. The van der Waals surface area contributed by atoms with Gasteiger partial charge in [0, 0.05) is 6.54 Å². The second-order valence-electron chi connectivity index (χ2n) is 5.16. The maximum atomic E-state index is 10.8. The van der Waals surface area contributed by atoms with Gasteiger partial charge in [0.05, 0.1) is 6.54 Å². The lowest BCUT2D eigenvalue weighted by molar-refractivity contribution is -0.138. The fourth-order valence-corrected chi connectivity index (χ4v) is 2.24. The van der Waals surface area contributed by atoms with Gasteiger partial charge in [-0.15, -0.1) is 0 Å². The molecule has 0 atom stereocenters. The van der Waals surface area contributed by atoms with Crippen molar-refractivity contribution >= 4 is 5.97 Å². The first-order valence-corrected chi connectivity index (χ1v) is 6.72. The normalized spacial score (nSPS) is 14.9. The van der Waals surface area contributed by atoms with Crippen molar-refractivity contribution < 1.29 is 9.90 Å². The van der Waals surface area contributed by atoms with Gasteiger partial charge in [-0.3, -0.25) is 9.69 Å². The van der Waals surface area contributed by atoms with E-state index in [9.17, 15) is 4.79 Å². The molecule has 0 spiro atoms. The van der Waals surface area contributed by atoms with Gasteiger partial charge in [0.2, 0.25) is 0 Å². The first-order valence-electron chi connectivity index (χ1n) is 6.72. The molecule has 1 fully saturated rings. The van der Waals surface area contributed by atoms with Gasteiger partial charge in [0.15, 0.2) is 0 Å². The fraction of sp³-hybridized carbons (Fsp3) is 0.533. The summed E-state index contributed by atoms with van der Waals surface area (Å²) in [5, 5.41) is 8.89. The number of carbonyl (C=O) groups is 1. The van der Waals surface area contributed by atoms with Gasteiger partial charge in [-0.25, -0.2) is 0 Å². The van der Waals surface area contributed by atoms with E-state index in [4.69, 9.17) is 5.11 Å². The summed E-state index contributed by atoms with van der Waals surface area (Å²) in [6, 6.07) is 10.4. The number of hydrogen-bond acceptors (Lipinski definition) is 2. The van der Waals surface area contributed by atoms with Crippen molar-refractivity contribution in [3.05, 3.63) is 35.9 Å². The minimum atomic E-state index is -0.713. The molecule has 2 rings (SSSR count). The first-order chi connectivity index (χ1) is 8.74. The summed E-state index contributed by atoms with van der Waals surface area (Å²) in [5.74, 6) is 0.0384. The number of nitrogens with zero attached hydrogens (tertiary/aromatic N) is 1. The van der Waals surface area contributed by atoms with Crippen LogP contribution in [0.1, 0.15) is 24.8 Å². The van der Waals surface area contributed by atoms with Crippen molar-refractivity contribution in [3.63, 3.8) is 0 Å². The van der Waals surface area contributed by atoms with Crippen molar-refractivity contribution in [1.82, 2.24) is 4.90 Å². The summed E-state index contributed by atoms with van der Waals surface area (Å²) in [6.45, 7) is 2.03. The Labute approximate surface area is 108 Å². The van der Waals surface area contributed by atoms with E-state index in [1.807, 2.05) is 6.07 Å². The molecule has 1 aromatic carbocycles. The third-order valence-corrected chi connectivity index (χ3v) is 3.35. The predicted octanol–water partition coefficient (Wildman–Crippen LogP) is 2.42. The molecule has 0 heterocycles. The number of aliphatic carboxylic acids is 1. The van der Waals surface area contributed by atoms with Crippen molar-refractivity contribution in [2.24, 2.45) is 5.92 Å². The number of hydrogen-bond donors (Lipinski definition) is 1. The summed E-state index contributed by atoms with van der Waals surface area (Å²) in [7, 11) is 0. The van der Waals surface area contributed by atoms with Gasteiger partial charge < -0.3 is 5.11 Å². The lowest BCUT2D eigenvalue weighted by Crippen LogP contribution is -2.32. The van der Waals surface area contributed by atoms with Crippen LogP contribution in [0.5, 0.6) is 0 Å². The molecular formula is C15H21NO2. The van der Waals surface area contributed by atoms with Crippen molar-refractivity contribution in [1.29, 1.82) is 0 Å². The predicted molar refractivity (Wildman–Crippen MR) is 71.6 cm³/mol. The van der Waals surface area contributed by atoms with Crippen LogP contribution in [0.2, 0.25) is 0 Å². The minimum Gasteiger partial charge on any atom is -0.480 e. The summed E-state index contributed by atoms with van der Waals surface area (Å²) in [5.41, 5.74) is 1.33. The molecular weight excluding hydrogens is 226 g/mol. The van der Waals surface area contributed by atoms with Crippen LogP contribution < -0.4 is 0 Å². The molecule has 1 aliphatic carbocycles. The maximum absolute atomic E-state index is 10.8. The highest BCUT2D eigenvalue weighted by atomic mass is 16.4. The zero-order valence-corrected chi connectivity index (χ0v) is 10.7. The Morgan fingerprint density at radius 2 is 2.00 bits per heavy atom. The van der Waals surface area contributed by atoms with Gasteiger partial charge in [-0.05, 0) is 43.7 Å². The molecule has 98 valence electrons. The lowest BCUT2D eigenvalue weighted by Gasteiger charge is -2.19. The van der Waals surface area contributed by atoms with Crippen molar-refractivity contribution in [2.75, 3.05) is 19.6 Å². The molecule has 1 aliphatic rings. The maximum Gasteiger partial charge on any atom is 0.317 e. The molecule has 0 amide bonds. The van der Waals surface area contributed by atoms with Crippen LogP contribution in [0.4, 0.5) is 0 Å². The molecule has 18 heavy (non-hydrogen) atoms. The summed E-state index contributed by atoms with van der Waals surface area (Å²) < 4.78 is 0. The molecule has 1 aromatic rings. The van der Waals surface area contributed by atoms with E-state index in [-0.39, 0.29) is 6.54 Å². The third-order valence-electron chi connectivity index (χ3n) is 3.35. The average Bonchev–Trinajstić information content (AvgIpc) is 3.13. The SMILES string of the molecule is O=C(O)CN(CCCc1ccccc1)CC1CC1. The van der Waals surface area contributed by atoms with Gasteiger partial charge >= 0.3 is 5.97 Å². The topological polar surface area (TPSA) is 40.5 Å². The summed E-state index contributed by atoms with van der Waals surface area (Å²) >= 11 is 0. The summed E-state index contributed by atoms with van der Waals surface area (Å²) in [4.78, 5) is 12.9. The Morgan fingerprint density at radius 3 is 2.61 bits per heavy atom. The van der Waals surface area contributed by atoms with Gasteiger partial charge in [-0.1, -0.05) is 30.3 Å². The standard InChI is InChI=1S/C15H21NO2/c17-15(18)12-16(11-14-8-9-14)10-4-7-13-5-2-1-3-6-13/h1-3,5-6,14H,4,7-12H2,(H,17,18). The molecule has 0 radical (unpaired) electrons. The molecule has 3 nitrogen and oxygen atoms in total. The highest BCUT2D eigenvalue weighted by molar-refractivity contribution is 5.69. The Morgan fingerprint density at radius 1 is 1.28 bits per heavy atom. The highest BCUT2D eigenvalue weighted by Gasteiger charge is 2.24. The van der Waals surface area contributed by atoms with Crippen LogP contribution in [-0.4, -0.2) is 35.6 Å². The van der Waals surface area contributed by atoms with Gasteiger partial charge in [0.25, 0.3) is 0 Å². The number of aryl methyl sites for hydroxylation is 1. The van der Waals surface area contributed by atoms with Crippen LogP contribution in [0.3, 0.4) is 0 Å². The van der Waals surface area contributed by atoms with E-state index in [1.165, 1.54) is 18.4 Å². The van der Waals surface area contributed by atoms with Crippen LogP contribution >= 0.6 is 0 Å². The van der Waals surface area contributed by atoms with E-state index < -0.39 is 5.97 Å². The van der Waals surface area contributed by atoms with Crippen LogP contribution in [0.15, 0.2) is 30.3 Å². The first kappa shape index (κ1) is 13.1. The molecule has 0 unspecified atom stereocenters. The van der Waals surface area contributed by atoms with Gasteiger partial charge in [0.1, 0.15) is 0 Å². The second-order valence-corrected chi connectivity index (χ2v) is 5.16. The van der Waals surface area contributed by atoms with E-state index in [1.54, 1.807) is 0 Å². The smallest absolute Gasteiger partial charge is 0.317 e. The number of benzene rings is 1. The molecule has 0 saturated heterocycles. The van der Waals surface area contributed by atoms with E-state index in [0.717, 1.165) is 31.8 Å². The molecule has 1 saturated carbocycles. The minimum absolute atomic E-state index is 0.186. The van der Waals surface area contributed by atoms with E-state index in [0.29, 0.717) is 0 Å². The highest BCUT2D eigenvalue weighted by Crippen LogP contribution is 2.29. The van der Waals surface area contributed by atoms with Crippen molar-refractivity contribution in [2.45, 2.75) is 25.7 Å². The lowest BCUT2D eigenvalue weighted by atomic mass is 10.1. The van der Waals surface area contributed by atoms with E-state index in [2.05, 4.69) is 29.2 Å². The largest absolute Gasteiger partial charge is 0.480 e. The Hall–Kier alpha value is -1.35.